The van der Waals surface area contributed by atoms with Crippen molar-refractivity contribution in [3.63, 3.8) is 0 Å². The smallest absolute Gasteiger partial charge is 0.0193 e. The largest absolute Gasteiger partial charge is 0.311 e. The van der Waals surface area contributed by atoms with Crippen LogP contribution in [0.5, 0.6) is 0 Å². The summed E-state index contributed by atoms with van der Waals surface area (Å²) in [6.07, 6.45) is 8.51. The van der Waals surface area contributed by atoms with Crippen LogP contribution in [0.15, 0.2) is 0 Å². The SMILES string of the molecule is CCC1CN(CC2(CC)CCCC2)C(C)CN1. The Hall–Kier alpha value is -0.0800. The normalized spacial score (nSPS) is 34.1. The standard InChI is InChI=1S/C15H30N2/c1-4-14-11-17(13(3)10-16-14)12-15(5-2)8-6-7-9-15/h13-14,16H,4-12H2,1-3H3. The van der Waals surface area contributed by atoms with Crippen molar-refractivity contribution < 1.29 is 0 Å². The lowest BCUT2D eigenvalue weighted by molar-refractivity contribution is 0.0760. The first-order chi connectivity index (χ1) is 8.19. The van der Waals surface area contributed by atoms with Gasteiger partial charge >= 0.3 is 0 Å². The summed E-state index contributed by atoms with van der Waals surface area (Å²) in [5, 5.41) is 3.66. The lowest BCUT2D eigenvalue weighted by Gasteiger charge is -2.43. The highest BCUT2D eigenvalue weighted by Gasteiger charge is 2.36. The Bertz CT molecular complexity index is 233. The summed E-state index contributed by atoms with van der Waals surface area (Å²) >= 11 is 0. The average Bonchev–Trinajstić information content (AvgIpc) is 2.81. The maximum atomic E-state index is 3.66. The molecule has 0 aromatic rings. The van der Waals surface area contributed by atoms with E-state index in [1.807, 2.05) is 0 Å². The highest BCUT2D eigenvalue weighted by Crippen LogP contribution is 2.42. The third-order valence-corrected chi connectivity index (χ3v) is 5.23. The quantitative estimate of drug-likeness (QED) is 0.810. The van der Waals surface area contributed by atoms with Gasteiger partial charge in [0, 0.05) is 31.7 Å². The number of hydrogen-bond acceptors (Lipinski definition) is 2. The van der Waals surface area contributed by atoms with Crippen LogP contribution in [0.2, 0.25) is 0 Å². The number of hydrogen-bond donors (Lipinski definition) is 1. The molecule has 0 amide bonds. The minimum Gasteiger partial charge on any atom is -0.311 e. The molecule has 2 aliphatic rings. The molecule has 1 aliphatic heterocycles. The summed E-state index contributed by atoms with van der Waals surface area (Å²) in [6, 6.07) is 1.45. The van der Waals surface area contributed by atoms with Gasteiger partial charge in [-0.1, -0.05) is 26.7 Å². The molecule has 0 aromatic carbocycles. The molecule has 1 aliphatic carbocycles. The number of nitrogens with one attached hydrogen (secondary N) is 1. The maximum absolute atomic E-state index is 3.66. The highest BCUT2D eigenvalue weighted by atomic mass is 15.2. The molecule has 2 fully saturated rings. The first kappa shape index (κ1) is 13.4. The van der Waals surface area contributed by atoms with E-state index in [0.29, 0.717) is 5.41 Å². The number of rotatable bonds is 4. The molecule has 0 aromatic heterocycles. The molecular weight excluding hydrogens is 208 g/mol. The Kier molecular flexibility index (Phi) is 4.48. The molecule has 0 radical (unpaired) electrons. The predicted molar refractivity (Wildman–Crippen MR) is 74.3 cm³/mol. The van der Waals surface area contributed by atoms with E-state index in [9.17, 15) is 0 Å². The molecule has 1 heterocycles. The van der Waals surface area contributed by atoms with E-state index in [0.717, 1.165) is 12.1 Å². The van der Waals surface area contributed by atoms with Crippen LogP contribution in [0.1, 0.15) is 59.3 Å². The summed E-state index contributed by atoms with van der Waals surface area (Å²) in [7, 11) is 0. The van der Waals surface area contributed by atoms with Gasteiger partial charge in [0.2, 0.25) is 0 Å². The lowest BCUT2D eigenvalue weighted by atomic mass is 9.82. The average molecular weight is 238 g/mol. The van der Waals surface area contributed by atoms with E-state index in [2.05, 4.69) is 31.0 Å². The van der Waals surface area contributed by atoms with Gasteiger partial charge in [-0.15, -0.1) is 0 Å². The van der Waals surface area contributed by atoms with Crippen molar-refractivity contribution in [3.05, 3.63) is 0 Å². The molecule has 2 atom stereocenters. The van der Waals surface area contributed by atoms with Crippen LogP contribution >= 0.6 is 0 Å². The second kappa shape index (κ2) is 5.71. The molecule has 100 valence electrons. The first-order valence-corrected chi connectivity index (χ1v) is 7.66. The van der Waals surface area contributed by atoms with Gasteiger partial charge in [0.25, 0.3) is 0 Å². The predicted octanol–water partition coefficient (Wildman–Crippen LogP) is 3.03. The first-order valence-electron chi connectivity index (χ1n) is 7.66. The van der Waals surface area contributed by atoms with Crippen LogP contribution in [-0.4, -0.2) is 36.6 Å². The second-order valence-corrected chi connectivity index (χ2v) is 6.35. The zero-order valence-corrected chi connectivity index (χ0v) is 12.0. The van der Waals surface area contributed by atoms with Gasteiger partial charge in [-0.05, 0) is 38.0 Å². The van der Waals surface area contributed by atoms with Crippen molar-refractivity contribution in [1.82, 2.24) is 10.2 Å². The van der Waals surface area contributed by atoms with Crippen molar-refractivity contribution >= 4 is 0 Å². The minimum absolute atomic E-state index is 0.657. The van der Waals surface area contributed by atoms with Crippen molar-refractivity contribution in [2.24, 2.45) is 5.41 Å². The second-order valence-electron chi connectivity index (χ2n) is 6.35. The van der Waals surface area contributed by atoms with E-state index < -0.39 is 0 Å². The number of piperazine rings is 1. The van der Waals surface area contributed by atoms with Crippen LogP contribution in [0.25, 0.3) is 0 Å². The minimum atomic E-state index is 0.657. The van der Waals surface area contributed by atoms with Crippen molar-refractivity contribution in [1.29, 1.82) is 0 Å². The van der Waals surface area contributed by atoms with E-state index in [1.54, 1.807) is 0 Å². The zero-order chi connectivity index (χ0) is 12.3. The van der Waals surface area contributed by atoms with Crippen molar-refractivity contribution in [2.45, 2.75) is 71.4 Å². The third-order valence-electron chi connectivity index (χ3n) is 5.23. The maximum Gasteiger partial charge on any atom is 0.0193 e. The molecule has 0 bridgehead atoms. The van der Waals surface area contributed by atoms with Crippen LogP contribution in [0, 0.1) is 5.41 Å². The Morgan fingerprint density at radius 2 is 1.94 bits per heavy atom. The van der Waals surface area contributed by atoms with Crippen LogP contribution in [0.4, 0.5) is 0 Å². The van der Waals surface area contributed by atoms with Crippen molar-refractivity contribution in [3.8, 4) is 0 Å². The summed E-state index contributed by atoms with van der Waals surface area (Å²) in [5.41, 5.74) is 0.657. The van der Waals surface area contributed by atoms with Gasteiger partial charge in [-0.2, -0.15) is 0 Å². The molecule has 1 N–H and O–H groups in total. The van der Waals surface area contributed by atoms with Gasteiger partial charge in [0.1, 0.15) is 0 Å². The molecule has 17 heavy (non-hydrogen) atoms. The van der Waals surface area contributed by atoms with Crippen molar-refractivity contribution in [2.75, 3.05) is 19.6 Å². The van der Waals surface area contributed by atoms with Crippen LogP contribution in [-0.2, 0) is 0 Å². The fourth-order valence-electron chi connectivity index (χ4n) is 3.67. The monoisotopic (exact) mass is 238 g/mol. The van der Waals surface area contributed by atoms with E-state index in [1.165, 1.54) is 58.2 Å². The van der Waals surface area contributed by atoms with E-state index >= 15 is 0 Å². The van der Waals surface area contributed by atoms with Crippen LogP contribution in [0.3, 0.4) is 0 Å². The summed E-state index contributed by atoms with van der Waals surface area (Å²) in [6.45, 7) is 10.9. The number of nitrogens with zero attached hydrogens (tertiary/aromatic N) is 1. The molecule has 2 rings (SSSR count). The zero-order valence-electron chi connectivity index (χ0n) is 12.0. The molecule has 2 heteroatoms. The fraction of sp³-hybridized carbons (Fsp3) is 1.00. The Morgan fingerprint density at radius 3 is 2.53 bits per heavy atom. The molecule has 2 nitrogen and oxygen atoms in total. The lowest BCUT2D eigenvalue weighted by Crippen LogP contribution is -2.57. The van der Waals surface area contributed by atoms with Gasteiger partial charge < -0.3 is 5.32 Å². The van der Waals surface area contributed by atoms with Gasteiger partial charge in [-0.25, -0.2) is 0 Å². The summed E-state index contributed by atoms with van der Waals surface area (Å²) in [4.78, 5) is 2.76. The molecule has 1 saturated carbocycles. The van der Waals surface area contributed by atoms with E-state index in [4.69, 9.17) is 0 Å². The molecular formula is C15H30N2. The van der Waals surface area contributed by atoms with Gasteiger partial charge in [0.15, 0.2) is 0 Å². The van der Waals surface area contributed by atoms with Gasteiger partial charge in [0.05, 0.1) is 0 Å². The van der Waals surface area contributed by atoms with Gasteiger partial charge in [-0.3, -0.25) is 4.90 Å². The summed E-state index contributed by atoms with van der Waals surface area (Å²) in [5.74, 6) is 0. The van der Waals surface area contributed by atoms with E-state index in [-0.39, 0.29) is 0 Å². The molecule has 1 saturated heterocycles. The summed E-state index contributed by atoms with van der Waals surface area (Å²) < 4.78 is 0. The fourth-order valence-corrected chi connectivity index (χ4v) is 3.67. The Balaban J connectivity index is 1.95. The molecule has 0 spiro atoms. The highest BCUT2D eigenvalue weighted by molar-refractivity contribution is 4.91. The molecule has 2 unspecified atom stereocenters. The Morgan fingerprint density at radius 1 is 1.24 bits per heavy atom. The Labute approximate surface area is 107 Å². The topological polar surface area (TPSA) is 15.3 Å². The van der Waals surface area contributed by atoms with Crippen LogP contribution < -0.4 is 5.32 Å². The third kappa shape index (κ3) is 3.03.